The number of nitrogens with zero attached hydrogens (tertiary/aromatic N) is 2. The van der Waals surface area contributed by atoms with E-state index in [9.17, 15) is 4.79 Å². The van der Waals surface area contributed by atoms with Gasteiger partial charge in [0.25, 0.3) is 0 Å². The van der Waals surface area contributed by atoms with Crippen LogP contribution in [0.1, 0.15) is 52.9 Å². The van der Waals surface area contributed by atoms with Gasteiger partial charge in [-0.15, -0.1) is 0 Å². The van der Waals surface area contributed by atoms with Crippen molar-refractivity contribution in [2.75, 3.05) is 59.2 Å². The van der Waals surface area contributed by atoms with Gasteiger partial charge in [-0.2, -0.15) is 0 Å². The van der Waals surface area contributed by atoms with E-state index in [4.69, 9.17) is 14.6 Å². The van der Waals surface area contributed by atoms with Crippen molar-refractivity contribution < 1.29 is 19.4 Å². The first-order valence-corrected chi connectivity index (χ1v) is 10.4. The van der Waals surface area contributed by atoms with E-state index in [0.717, 1.165) is 78.0 Å². The largest absolute Gasteiger partial charge is 0.449 e. The first-order chi connectivity index (χ1) is 12.6. The second-order valence-electron chi connectivity index (χ2n) is 7.67. The van der Waals surface area contributed by atoms with E-state index in [0.29, 0.717) is 18.4 Å². The fourth-order valence-corrected chi connectivity index (χ4v) is 3.19. The molecule has 6 heteroatoms. The summed E-state index contributed by atoms with van der Waals surface area (Å²) in [5.74, 6) is 1.04. The number of rotatable bonds is 13. The lowest BCUT2D eigenvalue weighted by molar-refractivity contribution is 0.0699. The highest BCUT2D eigenvalue weighted by Crippen LogP contribution is 2.21. The van der Waals surface area contributed by atoms with E-state index in [1.165, 1.54) is 0 Å². The van der Waals surface area contributed by atoms with Crippen molar-refractivity contribution in [2.45, 2.75) is 52.9 Å². The first kappa shape index (κ1) is 23.2. The molecule has 0 aromatic rings. The monoisotopic (exact) mass is 372 g/mol. The summed E-state index contributed by atoms with van der Waals surface area (Å²) in [4.78, 5) is 16.0. The van der Waals surface area contributed by atoms with Crippen LogP contribution in [0.15, 0.2) is 0 Å². The van der Waals surface area contributed by atoms with E-state index in [1.807, 2.05) is 4.90 Å². The Kier molecular flexibility index (Phi) is 12.7. The average molecular weight is 373 g/mol. The van der Waals surface area contributed by atoms with Gasteiger partial charge in [0.2, 0.25) is 0 Å². The highest BCUT2D eigenvalue weighted by molar-refractivity contribution is 5.67. The number of likely N-dealkylation sites (N-methyl/N-ethyl adjacent to an activating group) is 1. The molecule has 0 radical (unpaired) electrons. The van der Waals surface area contributed by atoms with Gasteiger partial charge in [0.1, 0.15) is 0 Å². The van der Waals surface area contributed by atoms with Gasteiger partial charge in [0, 0.05) is 32.8 Å². The second-order valence-corrected chi connectivity index (χ2v) is 7.67. The van der Waals surface area contributed by atoms with Crippen molar-refractivity contribution >= 4 is 6.09 Å². The summed E-state index contributed by atoms with van der Waals surface area (Å²) in [6.07, 6.45) is 5.21. The molecule has 1 heterocycles. The average Bonchev–Trinajstić information content (AvgIpc) is 2.64. The summed E-state index contributed by atoms with van der Waals surface area (Å²) < 4.78 is 11.1. The third kappa shape index (κ3) is 10.3. The number of carbonyl (C=O) groups excluding carboxylic acids is 1. The summed E-state index contributed by atoms with van der Waals surface area (Å²) in [6.45, 7) is 13.0. The Balaban J connectivity index is 1.99. The van der Waals surface area contributed by atoms with Gasteiger partial charge in [0.15, 0.2) is 0 Å². The van der Waals surface area contributed by atoms with Crippen molar-refractivity contribution in [1.29, 1.82) is 0 Å². The van der Waals surface area contributed by atoms with E-state index in [-0.39, 0.29) is 12.7 Å². The number of aliphatic hydroxyl groups is 1. The molecular formula is C20H40N2O4. The third-order valence-electron chi connectivity index (χ3n) is 4.96. The van der Waals surface area contributed by atoms with Crippen molar-refractivity contribution in [3.05, 3.63) is 0 Å². The lowest BCUT2D eigenvalue weighted by atomic mass is 9.94. The SMILES string of the molecule is CCN(CCO)CCCCOCCC1CCN(C(=O)OCC(C)C)CC1. The lowest BCUT2D eigenvalue weighted by Gasteiger charge is -2.31. The van der Waals surface area contributed by atoms with Crippen molar-refractivity contribution in [3.63, 3.8) is 0 Å². The van der Waals surface area contributed by atoms with Gasteiger partial charge in [-0.25, -0.2) is 4.79 Å². The van der Waals surface area contributed by atoms with E-state index < -0.39 is 0 Å². The number of amides is 1. The van der Waals surface area contributed by atoms with Crippen LogP contribution in [-0.2, 0) is 9.47 Å². The smallest absolute Gasteiger partial charge is 0.409 e. The third-order valence-corrected chi connectivity index (χ3v) is 4.96. The topological polar surface area (TPSA) is 62.2 Å². The van der Waals surface area contributed by atoms with Crippen LogP contribution in [0.25, 0.3) is 0 Å². The first-order valence-electron chi connectivity index (χ1n) is 10.4. The minimum atomic E-state index is -0.157. The molecule has 1 saturated heterocycles. The van der Waals surface area contributed by atoms with Crippen LogP contribution < -0.4 is 0 Å². The van der Waals surface area contributed by atoms with Gasteiger partial charge in [-0.1, -0.05) is 20.8 Å². The van der Waals surface area contributed by atoms with Crippen molar-refractivity contribution in [1.82, 2.24) is 9.80 Å². The number of piperidine rings is 1. The molecule has 0 unspecified atom stereocenters. The molecule has 0 saturated carbocycles. The Morgan fingerprint density at radius 1 is 1.19 bits per heavy atom. The molecule has 0 aromatic heterocycles. The van der Waals surface area contributed by atoms with Crippen LogP contribution in [0.4, 0.5) is 4.79 Å². The van der Waals surface area contributed by atoms with Crippen molar-refractivity contribution in [2.24, 2.45) is 11.8 Å². The van der Waals surface area contributed by atoms with Crippen LogP contribution in [0.2, 0.25) is 0 Å². The summed E-state index contributed by atoms with van der Waals surface area (Å²) in [5, 5.41) is 8.96. The predicted molar refractivity (Wildman–Crippen MR) is 104 cm³/mol. The molecule has 0 aromatic carbocycles. The molecule has 1 amide bonds. The molecule has 1 N–H and O–H groups in total. The van der Waals surface area contributed by atoms with Gasteiger partial charge in [-0.3, -0.25) is 0 Å². The molecule has 0 bridgehead atoms. The number of ether oxygens (including phenoxy) is 2. The Hall–Kier alpha value is -0.850. The second kappa shape index (κ2) is 14.2. The standard InChI is InChI=1S/C20H40N2O4/c1-4-21(13-14-23)10-5-6-15-25-16-9-19-7-11-22(12-8-19)20(24)26-17-18(2)3/h18-19,23H,4-17H2,1-3H3. The zero-order valence-electron chi connectivity index (χ0n) is 17.1. The van der Waals surface area contributed by atoms with Crippen LogP contribution >= 0.6 is 0 Å². The Labute approximate surface area is 159 Å². The van der Waals surface area contributed by atoms with E-state index >= 15 is 0 Å². The molecule has 1 aliphatic rings. The zero-order valence-corrected chi connectivity index (χ0v) is 17.1. The van der Waals surface area contributed by atoms with Gasteiger partial charge in [0.05, 0.1) is 13.2 Å². The number of unbranched alkanes of at least 4 members (excludes halogenated alkanes) is 1. The van der Waals surface area contributed by atoms with Crippen molar-refractivity contribution in [3.8, 4) is 0 Å². The Morgan fingerprint density at radius 3 is 2.54 bits per heavy atom. The van der Waals surface area contributed by atoms with E-state index in [2.05, 4.69) is 25.7 Å². The molecule has 26 heavy (non-hydrogen) atoms. The fourth-order valence-electron chi connectivity index (χ4n) is 3.19. The maximum absolute atomic E-state index is 11.9. The Bertz CT molecular complexity index is 358. The molecule has 1 aliphatic heterocycles. The van der Waals surface area contributed by atoms with Crippen LogP contribution in [-0.4, -0.2) is 80.2 Å². The number of likely N-dealkylation sites (tertiary alicyclic amines) is 1. The summed E-state index contributed by atoms with van der Waals surface area (Å²) in [5.41, 5.74) is 0. The van der Waals surface area contributed by atoms with Gasteiger partial charge >= 0.3 is 6.09 Å². The van der Waals surface area contributed by atoms with Gasteiger partial charge < -0.3 is 24.4 Å². The normalized spacial score (nSPS) is 15.8. The number of hydrogen-bond donors (Lipinski definition) is 1. The number of carbonyl (C=O) groups is 1. The Morgan fingerprint density at radius 2 is 1.92 bits per heavy atom. The molecule has 0 aliphatic carbocycles. The molecule has 6 nitrogen and oxygen atoms in total. The quantitative estimate of drug-likeness (QED) is 0.504. The molecule has 1 fully saturated rings. The molecule has 0 spiro atoms. The minimum Gasteiger partial charge on any atom is -0.449 e. The minimum absolute atomic E-state index is 0.157. The van der Waals surface area contributed by atoms with E-state index in [1.54, 1.807) is 0 Å². The van der Waals surface area contributed by atoms with Crippen LogP contribution in [0.3, 0.4) is 0 Å². The summed E-state index contributed by atoms with van der Waals surface area (Å²) in [6, 6.07) is 0. The van der Waals surface area contributed by atoms with Gasteiger partial charge in [-0.05, 0) is 57.0 Å². The highest BCUT2D eigenvalue weighted by atomic mass is 16.6. The molecule has 0 atom stereocenters. The summed E-state index contributed by atoms with van der Waals surface area (Å²) in [7, 11) is 0. The summed E-state index contributed by atoms with van der Waals surface area (Å²) >= 11 is 0. The molecular weight excluding hydrogens is 332 g/mol. The number of aliphatic hydroxyl groups excluding tert-OH is 1. The lowest BCUT2D eigenvalue weighted by Crippen LogP contribution is -2.39. The fraction of sp³-hybridized carbons (Fsp3) is 0.950. The highest BCUT2D eigenvalue weighted by Gasteiger charge is 2.23. The maximum atomic E-state index is 11.9. The zero-order chi connectivity index (χ0) is 19.2. The molecule has 1 rings (SSSR count). The molecule has 154 valence electrons. The maximum Gasteiger partial charge on any atom is 0.409 e. The number of hydrogen-bond acceptors (Lipinski definition) is 5. The van der Waals surface area contributed by atoms with Crippen LogP contribution in [0.5, 0.6) is 0 Å². The predicted octanol–water partition coefficient (Wildman–Crippen LogP) is 2.99. The van der Waals surface area contributed by atoms with Crippen LogP contribution in [0, 0.1) is 11.8 Å².